The van der Waals surface area contributed by atoms with Crippen LogP contribution in [0.3, 0.4) is 0 Å². The summed E-state index contributed by atoms with van der Waals surface area (Å²) in [4.78, 5) is 12.2. The van der Waals surface area contributed by atoms with Gasteiger partial charge in [-0.2, -0.15) is 5.26 Å². The lowest BCUT2D eigenvalue weighted by atomic mass is 9.87. The van der Waals surface area contributed by atoms with Gasteiger partial charge >= 0.3 is 0 Å². The number of nitrogens with zero attached hydrogens (tertiary/aromatic N) is 1. The van der Waals surface area contributed by atoms with Crippen molar-refractivity contribution in [2.24, 2.45) is 0 Å². The molecule has 0 saturated carbocycles. The summed E-state index contributed by atoms with van der Waals surface area (Å²) in [6.45, 7) is 0. The minimum atomic E-state index is -0.359. The van der Waals surface area contributed by atoms with E-state index in [1.54, 1.807) is 18.2 Å². The number of hydrogen-bond donors (Lipinski definition) is 1. The number of carbonyl (C=O) groups is 1. The number of hydrogen-bond acceptors (Lipinski definition) is 3. The van der Waals surface area contributed by atoms with E-state index >= 15 is 0 Å². The summed E-state index contributed by atoms with van der Waals surface area (Å²) in [6.07, 6.45) is 0.194. The Kier molecular flexibility index (Phi) is 5.70. The van der Waals surface area contributed by atoms with Crippen LogP contribution < -0.4 is 5.32 Å². The number of rotatable bonds is 4. The molecule has 25 heavy (non-hydrogen) atoms. The first kappa shape index (κ1) is 17.9. The average molecular weight is 389 g/mol. The summed E-state index contributed by atoms with van der Waals surface area (Å²) in [6, 6.07) is 17.3. The van der Waals surface area contributed by atoms with Crippen LogP contribution in [0.1, 0.15) is 23.5 Å². The number of nitrogens with one attached hydrogen (secondary N) is 1. The van der Waals surface area contributed by atoms with Gasteiger partial charge in [-0.1, -0.05) is 59.6 Å². The first-order valence-corrected chi connectivity index (χ1v) is 9.38. The predicted molar refractivity (Wildman–Crippen MR) is 102 cm³/mol. The number of benzene rings is 2. The molecule has 2 aromatic carbocycles. The van der Waals surface area contributed by atoms with Crippen molar-refractivity contribution in [1.82, 2.24) is 5.32 Å². The Bertz CT molecular complexity index is 875. The lowest BCUT2D eigenvalue weighted by molar-refractivity contribution is -0.120. The molecule has 0 fully saturated rings. The van der Waals surface area contributed by atoms with Crippen molar-refractivity contribution in [3.8, 4) is 6.07 Å². The fourth-order valence-corrected chi connectivity index (χ4v) is 4.29. The first-order valence-electron chi connectivity index (χ1n) is 7.64. The van der Waals surface area contributed by atoms with E-state index in [1.807, 2.05) is 30.3 Å². The standard InChI is InChI=1S/C19H14Cl2N2OS/c20-13-6-7-14(17(21)8-13)15-9-18(24)23-19(16(15)10-22)25-11-12-4-2-1-3-5-12/h1-8,15H,9,11H2,(H,23,24)/t15-/m1/s1. The molecule has 1 atom stereocenters. The second kappa shape index (κ2) is 7.97. The van der Waals surface area contributed by atoms with Gasteiger partial charge in [0.2, 0.25) is 5.91 Å². The van der Waals surface area contributed by atoms with Crippen LogP contribution >= 0.6 is 35.0 Å². The highest BCUT2D eigenvalue weighted by Crippen LogP contribution is 2.40. The van der Waals surface area contributed by atoms with Crippen LogP contribution in [0.2, 0.25) is 10.0 Å². The molecule has 2 aromatic rings. The summed E-state index contributed by atoms with van der Waals surface area (Å²) >= 11 is 13.7. The molecule has 0 aromatic heterocycles. The molecule has 0 spiro atoms. The van der Waals surface area contributed by atoms with Crippen LogP contribution in [-0.4, -0.2) is 5.91 Å². The minimum Gasteiger partial charge on any atom is -0.320 e. The van der Waals surface area contributed by atoms with Crippen LogP contribution in [0, 0.1) is 11.3 Å². The molecule has 126 valence electrons. The molecule has 3 rings (SSSR count). The molecular formula is C19H14Cl2N2OS. The van der Waals surface area contributed by atoms with Gasteiger partial charge in [0.05, 0.1) is 16.7 Å². The van der Waals surface area contributed by atoms with E-state index in [4.69, 9.17) is 23.2 Å². The molecule has 0 radical (unpaired) electrons. The van der Waals surface area contributed by atoms with Gasteiger partial charge in [-0.25, -0.2) is 0 Å². The highest BCUT2D eigenvalue weighted by molar-refractivity contribution is 8.02. The SMILES string of the molecule is N#CC1=C(SCc2ccccc2)NC(=O)C[C@@H]1c1ccc(Cl)cc1Cl. The minimum absolute atomic E-state index is 0.120. The van der Waals surface area contributed by atoms with Gasteiger partial charge in [0.15, 0.2) is 0 Å². The zero-order valence-electron chi connectivity index (χ0n) is 13.1. The fourth-order valence-electron chi connectivity index (χ4n) is 2.71. The van der Waals surface area contributed by atoms with Crippen molar-refractivity contribution < 1.29 is 4.79 Å². The lowest BCUT2D eigenvalue weighted by Gasteiger charge is -2.25. The number of allylic oxidation sites excluding steroid dienone is 1. The Morgan fingerprint density at radius 1 is 1.20 bits per heavy atom. The molecule has 1 aliphatic rings. The maximum Gasteiger partial charge on any atom is 0.225 e. The third-order valence-electron chi connectivity index (χ3n) is 3.92. The van der Waals surface area contributed by atoms with E-state index < -0.39 is 0 Å². The molecule has 0 saturated heterocycles. The highest BCUT2D eigenvalue weighted by Gasteiger charge is 2.30. The van der Waals surface area contributed by atoms with E-state index in [2.05, 4.69) is 11.4 Å². The van der Waals surface area contributed by atoms with Crippen molar-refractivity contribution in [3.05, 3.63) is 80.3 Å². The van der Waals surface area contributed by atoms with Gasteiger partial charge in [-0.05, 0) is 23.3 Å². The lowest BCUT2D eigenvalue weighted by Crippen LogP contribution is -2.31. The maximum atomic E-state index is 12.2. The van der Waals surface area contributed by atoms with Crippen LogP contribution in [0.5, 0.6) is 0 Å². The molecule has 1 aliphatic heterocycles. The summed E-state index contributed by atoms with van der Waals surface area (Å²) < 4.78 is 0. The second-order valence-corrected chi connectivity index (χ2v) is 7.43. The number of amides is 1. The van der Waals surface area contributed by atoms with Crippen molar-refractivity contribution >= 4 is 40.9 Å². The predicted octanol–water partition coefficient (Wildman–Crippen LogP) is 5.27. The Labute approximate surface area is 160 Å². The van der Waals surface area contributed by atoms with E-state index in [9.17, 15) is 10.1 Å². The van der Waals surface area contributed by atoms with E-state index in [0.717, 1.165) is 11.1 Å². The topological polar surface area (TPSA) is 52.9 Å². The third-order valence-corrected chi connectivity index (χ3v) is 5.57. The van der Waals surface area contributed by atoms with E-state index in [-0.39, 0.29) is 18.2 Å². The van der Waals surface area contributed by atoms with Crippen LogP contribution in [0.15, 0.2) is 59.1 Å². The number of nitriles is 1. The highest BCUT2D eigenvalue weighted by atomic mass is 35.5. The van der Waals surface area contributed by atoms with E-state index in [1.165, 1.54) is 11.8 Å². The van der Waals surface area contributed by atoms with E-state index in [0.29, 0.717) is 26.4 Å². The molecule has 1 amide bonds. The summed E-state index contributed by atoms with van der Waals surface area (Å²) in [5.74, 6) is 0.190. The number of carbonyl (C=O) groups excluding carboxylic acids is 1. The van der Waals surface area contributed by atoms with Crippen LogP contribution in [0.25, 0.3) is 0 Å². The summed E-state index contributed by atoms with van der Waals surface area (Å²) in [7, 11) is 0. The Morgan fingerprint density at radius 2 is 1.96 bits per heavy atom. The number of thioether (sulfide) groups is 1. The molecule has 0 aliphatic carbocycles. The maximum absolute atomic E-state index is 12.2. The molecule has 0 bridgehead atoms. The normalized spacial score (nSPS) is 17.2. The third kappa shape index (κ3) is 4.19. The van der Waals surface area contributed by atoms with Crippen molar-refractivity contribution in [1.29, 1.82) is 5.26 Å². The smallest absolute Gasteiger partial charge is 0.225 e. The van der Waals surface area contributed by atoms with Gasteiger partial charge in [-0.15, -0.1) is 11.8 Å². The molecule has 3 nitrogen and oxygen atoms in total. The van der Waals surface area contributed by atoms with Gasteiger partial charge in [-0.3, -0.25) is 4.79 Å². The van der Waals surface area contributed by atoms with Gasteiger partial charge < -0.3 is 5.32 Å². The van der Waals surface area contributed by atoms with Crippen molar-refractivity contribution in [2.75, 3.05) is 0 Å². The Hall–Kier alpha value is -1.93. The first-order chi connectivity index (χ1) is 12.1. The van der Waals surface area contributed by atoms with Gasteiger partial charge in [0, 0.05) is 28.1 Å². The Balaban J connectivity index is 1.92. The van der Waals surface area contributed by atoms with Crippen molar-refractivity contribution in [2.45, 2.75) is 18.1 Å². The Morgan fingerprint density at radius 3 is 2.64 bits per heavy atom. The largest absolute Gasteiger partial charge is 0.320 e. The molecule has 0 unspecified atom stereocenters. The average Bonchev–Trinajstić information content (AvgIpc) is 2.60. The van der Waals surface area contributed by atoms with Crippen LogP contribution in [-0.2, 0) is 10.5 Å². The van der Waals surface area contributed by atoms with Crippen LogP contribution in [0.4, 0.5) is 0 Å². The molecule has 6 heteroatoms. The zero-order chi connectivity index (χ0) is 17.8. The van der Waals surface area contributed by atoms with Gasteiger partial charge in [0.1, 0.15) is 0 Å². The zero-order valence-corrected chi connectivity index (χ0v) is 15.5. The molecule has 1 heterocycles. The quantitative estimate of drug-likeness (QED) is 0.776. The fraction of sp³-hybridized carbons (Fsp3) is 0.158. The second-order valence-electron chi connectivity index (χ2n) is 5.60. The summed E-state index contributed by atoms with van der Waals surface area (Å²) in [5.41, 5.74) is 2.40. The monoisotopic (exact) mass is 388 g/mol. The van der Waals surface area contributed by atoms with Gasteiger partial charge in [0.25, 0.3) is 0 Å². The van der Waals surface area contributed by atoms with Crippen molar-refractivity contribution in [3.63, 3.8) is 0 Å². The molecular weight excluding hydrogens is 375 g/mol. The molecule has 1 N–H and O–H groups in total. The number of halogens is 2. The summed E-state index contributed by atoms with van der Waals surface area (Å²) in [5, 5.41) is 14.1.